The maximum absolute atomic E-state index is 12.6. The Labute approximate surface area is 162 Å². The largest absolute Gasteiger partial charge is 0.493 e. The number of hydrogen-bond acceptors (Lipinski definition) is 5. The molecule has 1 aliphatic heterocycles. The van der Waals surface area contributed by atoms with Gasteiger partial charge in [0.15, 0.2) is 11.5 Å². The van der Waals surface area contributed by atoms with E-state index in [1.807, 2.05) is 0 Å². The second kappa shape index (κ2) is 7.97. The zero-order valence-electron chi connectivity index (χ0n) is 14.5. The second-order valence-electron chi connectivity index (χ2n) is 5.75. The van der Waals surface area contributed by atoms with Crippen molar-refractivity contribution in [3.05, 3.63) is 64.1 Å². The fourth-order valence-corrected chi connectivity index (χ4v) is 3.10. The molecule has 0 unspecified atom stereocenters. The van der Waals surface area contributed by atoms with E-state index in [4.69, 9.17) is 9.47 Å². The first kappa shape index (κ1) is 19.8. The van der Waals surface area contributed by atoms with Crippen LogP contribution in [0.15, 0.2) is 47.4 Å². The predicted molar refractivity (Wildman–Crippen MR) is 97.9 cm³/mol. The van der Waals surface area contributed by atoms with Gasteiger partial charge in [-0.25, -0.2) is 0 Å². The lowest BCUT2D eigenvalue weighted by atomic mass is 10.1. The van der Waals surface area contributed by atoms with E-state index in [2.05, 4.69) is 5.32 Å². The molecule has 0 spiro atoms. The van der Waals surface area contributed by atoms with Crippen LogP contribution in [-0.4, -0.2) is 18.3 Å². The van der Waals surface area contributed by atoms with Crippen LogP contribution in [0.3, 0.4) is 0 Å². The molecule has 9 heteroatoms. The summed E-state index contributed by atoms with van der Waals surface area (Å²) >= 11 is 0.795. The highest BCUT2D eigenvalue weighted by molar-refractivity contribution is 8.18. The monoisotopic (exact) mass is 409 g/mol. The number of benzene rings is 2. The molecule has 2 aromatic carbocycles. The number of rotatable bonds is 5. The van der Waals surface area contributed by atoms with Gasteiger partial charge in [-0.1, -0.05) is 18.2 Å². The summed E-state index contributed by atoms with van der Waals surface area (Å²) in [5, 5.41) is 1.73. The summed E-state index contributed by atoms with van der Waals surface area (Å²) in [5.74, 6) is 0.304. The molecule has 1 aliphatic rings. The fraction of sp³-hybridized carbons (Fsp3) is 0.158. The first-order valence-corrected chi connectivity index (χ1v) is 8.80. The highest BCUT2D eigenvalue weighted by Crippen LogP contribution is 2.33. The molecule has 1 saturated heterocycles. The van der Waals surface area contributed by atoms with Crippen LogP contribution in [0.5, 0.6) is 11.5 Å². The van der Waals surface area contributed by atoms with Gasteiger partial charge in [0.25, 0.3) is 11.1 Å². The van der Waals surface area contributed by atoms with Gasteiger partial charge in [0.2, 0.25) is 0 Å². The molecule has 1 fully saturated rings. The van der Waals surface area contributed by atoms with Crippen molar-refractivity contribution in [3.63, 3.8) is 0 Å². The Morgan fingerprint density at radius 3 is 2.36 bits per heavy atom. The van der Waals surface area contributed by atoms with E-state index >= 15 is 0 Å². The second-order valence-corrected chi connectivity index (χ2v) is 6.76. The Balaban J connectivity index is 1.76. The van der Waals surface area contributed by atoms with Crippen LogP contribution in [0, 0.1) is 0 Å². The Kier molecular flexibility index (Phi) is 5.64. The van der Waals surface area contributed by atoms with Crippen molar-refractivity contribution in [1.29, 1.82) is 0 Å². The van der Waals surface area contributed by atoms with Crippen LogP contribution in [-0.2, 0) is 17.6 Å². The standard InChI is InChI=1S/C19H14F3NO4S/c1-26-14-7-4-12(9-16-17(24)23-18(25)28-16)8-15(14)27-10-11-2-5-13(6-3-11)19(20,21)22/h2-9H,10H2,1H3,(H,23,24,25)/b16-9-. The third-order valence-electron chi connectivity index (χ3n) is 3.80. The summed E-state index contributed by atoms with van der Waals surface area (Å²) in [4.78, 5) is 23.1. The molecule has 28 heavy (non-hydrogen) atoms. The van der Waals surface area contributed by atoms with Crippen molar-refractivity contribution in [2.75, 3.05) is 7.11 Å². The molecule has 2 aromatic rings. The van der Waals surface area contributed by atoms with Crippen LogP contribution >= 0.6 is 11.8 Å². The number of alkyl halides is 3. The van der Waals surface area contributed by atoms with Gasteiger partial charge in [-0.05, 0) is 53.2 Å². The van der Waals surface area contributed by atoms with E-state index in [1.165, 1.54) is 25.3 Å². The van der Waals surface area contributed by atoms with Crippen molar-refractivity contribution in [2.24, 2.45) is 0 Å². The van der Waals surface area contributed by atoms with E-state index in [-0.39, 0.29) is 11.5 Å². The van der Waals surface area contributed by atoms with Crippen LogP contribution < -0.4 is 14.8 Å². The van der Waals surface area contributed by atoms with E-state index in [9.17, 15) is 22.8 Å². The number of nitrogens with one attached hydrogen (secondary N) is 1. The van der Waals surface area contributed by atoms with E-state index in [0.29, 0.717) is 22.6 Å². The molecule has 0 bridgehead atoms. The lowest BCUT2D eigenvalue weighted by molar-refractivity contribution is -0.137. The molecular formula is C19H14F3NO4S. The third-order valence-corrected chi connectivity index (χ3v) is 4.61. The molecule has 5 nitrogen and oxygen atoms in total. The minimum absolute atomic E-state index is 0.0300. The molecule has 146 valence electrons. The molecule has 1 heterocycles. The van der Waals surface area contributed by atoms with Crippen LogP contribution in [0.1, 0.15) is 16.7 Å². The lowest BCUT2D eigenvalue weighted by Crippen LogP contribution is -2.17. The fourth-order valence-electron chi connectivity index (χ4n) is 2.42. The van der Waals surface area contributed by atoms with Gasteiger partial charge in [0.05, 0.1) is 17.6 Å². The first-order chi connectivity index (χ1) is 13.3. The molecule has 3 rings (SSSR count). The van der Waals surface area contributed by atoms with Crippen molar-refractivity contribution in [2.45, 2.75) is 12.8 Å². The Morgan fingerprint density at radius 1 is 1.07 bits per heavy atom. The van der Waals surface area contributed by atoms with Gasteiger partial charge in [0, 0.05) is 0 Å². The summed E-state index contributed by atoms with van der Waals surface area (Å²) in [6.45, 7) is 0.0300. The van der Waals surface area contributed by atoms with Crippen molar-refractivity contribution >= 4 is 29.0 Å². The SMILES string of the molecule is COc1ccc(/C=C2\SC(=O)NC2=O)cc1OCc1ccc(C(F)(F)F)cc1. The lowest BCUT2D eigenvalue weighted by Gasteiger charge is -2.12. The topological polar surface area (TPSA) is 64.6 Å². The maximum Gasteiger partial charge on any atom is 0.416 e. The normalized spacial score (nSPS) is 15.6. The Morgan fingerprint density at radius 2 is 1.79 bits per heavy atom. The molecule has 1 N–H and O–H groups in total. The van der Waals surface area contributed by atoms with E-state index in [0.717, 1.165) is 23.9 Å². The van der Waals surface area contributed by atoms with Gasteiger partial charge in [-0.2, -0.15) is 13.2 Å². The van der Waals surface area contributed by atoms with E-state index in [1.54, 1.807) is 18.2 Å². The third kappa shape index (κ3) is 4.66. The number of thioether (sulfide) groups is 1. The number of imide groups is 1. The Hall–Kier alpha value is -2.94. The number of ether oxygens (including phenoxy) is 2. The van der Waals surface area contributed by atoms with Crippen LogP contribution in [0.25, 0.3) is 6.08 Å². The van der Waals surface area contributed by atoms with Crippen LogP contribution in [0.4, 0.5) is 18.0 Å². The average molecular weight is 409 g/mol. The number of methoxy groups -OCH3 is 1. The average Bonchev–Trinajstić information content (AvgIpc) is 2.96. The molecular weight excluding hydrogens is 395 g/mol. The summed E-state index contributed by atoms with van der Waals surface area (Å²) in [7, 11) is 1.46. The van der Waals surface area contributed by atoms with Crippen molar-refractivity contribution in [1.82, 2.24) is 5.32 Å². The number of halogens is 3. The molecule has 0 aromatic heterocycles. The maximum atomic E-state index is 12.6. The number of carbonyl (C=O) groups excluding carboxylic acids is 2. The number of amides is 2. The summed E-state index contributed by atoms with van der Waals surface area (Å²) < 4.78 is 48.8. The van der Waals surface area contributed by atoms with Gasteiger partial charge < -0.3 is 9.47 Å². The smallest absolute Gasteiger partial charge is 0.416 e. The molecule has 0 saturated carbocycles. The molecule has 2 amide bonds. The number of hydrogen-bond donors (Lipinski definition) is 1. The number of carbonyl (C=O) groups is 2. The minimum Gasteiger partial charge on any atom is -0.493 e. The van der Waals surface area contributed by atoms with Crippen LogP contribution in [0.2, 0.25) is 0 Å². The van der Waals surface area contributed by atoms with Gasteiger partial charge in [0.1, 0.15) is 6.61 Å². The zero-order chi connectivity index (χ0) is 20.3. The molecule has 0 radical (unpaired) electrons. The molecule has 0 aliphatic carbocycles. The first-order valence-electron chi connectivity index (χ1n) is 7.98. The van der Waals surface area contributed by atoms with Crippen molar-refractivity contribution < 1.29 is 32.2 Å². The zero-order valence-corrected chi connectivity index (χ0v) is 15.3. The molecule has 0 atom stereocenters. The van der Waals surface area contributed by atoms with E-state index < -0.39 is 22.9 Å². The van der Waals surface area contributed by atoms with Gasteiger partial charge >= 0.3 is 6.18 Å². The van der Waals surface area contributed by atoms with Gasteiger partial charge in [-0.15, -0.1) is 0 Å². The Bertz CT molecular complexity index is 939. The highest BCUT2D eigenvalue weighted by atomic mass is 32.2. The minimum atomic E-state index is -4.39. The highest BCUT2D eigenvalue weighted by Gasteiger charge is 2.30. The summed E-state index contributed by atoms with van der Waals surface area (Å²) in [6, 6.07) is 9.60. The van der Waals surface area contributed by atoms with Crippen molar-refractivity contribution in [3.8, 4) is 11.5 Å². The quantitative estimate of drug-likeness (QED) is 0.731. The van der Waals surface area contributed by atoms with Gasteiger partial charge in [-0.3, -0.25) is 14.9 Å². The summed E-state index contributed by atoms with van der Waals surface area (Å²) in [6.07, 6.45) is -2.86. The predicted octanol–water partition coefficient (Wildman–Crippen LogP) is 4.62. The summed E-state index contributed by atoms with van der Waals surface area (Å²) in [5.41, 5.74) is 0.426.